The third kappa shape index (κ3) is 2.97. The summed E-state index contributed by atoms with van der Waals surface area (Å²) in [5.74, 6) is 0.652. The lowest BCUT2D eigenvalue weighted by Gasteiger charge is -2.26. The number of hydrogen-bond acceptors (Lipinski definition) is 3. The van der Waals surface area contributed by atoms with Gasteiger partial charge in [-0.15, -0.1) is 0 Å². The number of benzene rings is 1. The van der Waals surface area contributed by atoms with E-state index in [0.717, 1.165) is 18.7 Å². The zero-order chi connectivity index (χ0) is 12.3. The molecule has 1 N–H and O–H groups in total. The Morgan fingerprint density at radius 3 is 2.65 bits per heavy atom. The third-order valence-corrected chi connectivity index (χ3v) is 2.90. The Hall–Kier alpha value is -1.55. The second-order valence-electron chi connectivity index (χ2n) is 4.37. The minimum atomic E-state index is -0.251. The van der Waals surface area contributed by atoms with E-state index in [2.05, 4.69) is 5.32 Å². The van der Waals surface area contributed by atoms with Crippen molar-refractivity contribution in [2.24, 2.45) is 0 Å². The van der Waals surface area contributed by atoms with Gasteiger partial charge in [-0.2, -0.15) is 0 Å². The van der Waals surface area contributed by atoms with Crippen molar-refractivity contribution in [3.05, 3.63) is 29.3 Å². The van der Waals surface area contributed by atoms with E-state index in [1.807, 2.05) is 32.0 Å². The fraction of sp³-hybridized carbons (Fsp3) is 0.462. The third-order valence-electron chi connectivity index (χ3n) is 2.90. The molecule has 92 valence electrons. The van der Waals surface area contributed by atoms with E-state index in [4.69, 9.17) is 4.74 Å². The highest BCUT2D eigenvalue weighted by molar-refractivity contribution is 5.71. The van der Waals surface area contributed by atoms with Crippen LogP contribution in [0.2, 0.25) is 0 Å². The summed E-state index contributed by atoms with van der Waals surface area (Å²) >= 11 is 0. The summed E-state index contributed by atoms with van der Waals surface area (Å²) in [5.41, 5.74) is 2.16. The van der Waals surface area contributed by atoms with Gasteiger partial charge in [0.1, 0.15) is 5.75 Å². The molecule has 0 unspecified atom stereocenters. The quantitative estimate of drug-likeness (QED) is 0.804. The van der Waals surface area contributed by atoms with Crippen molar-refractivity contribution in [1.82, 2.24) is 10.2 Å². The minimum absolute atomic E-state index is 0.251. The molecule has 4 nitrogen and oxygen atoms in total. The van der Waals surface area contributed by atoms with Crippen LogP contribution in [0.3, 0.4) is 0 Å². The zero-order valence-electron chi connectivity index (χ0n) is 10.3. The predicted molar refractivity (Wildman–Crippen MR) is 66.4 cm³/mol. The van der Waals surface area contributed by atoms with Gasteiger partial charge in [-0.3, -0.25) is 0 Å². The van der Waals surface area contributed by atoms with Crippen LogP contribution < -0.4 is 10.1 Å². The summed E-state index contributed by atoms with van der Waals surface area (Å²) < 4.78 is 5.40. The van der Waals surface area contributed by atoms with Crippen LogP contribution in [0.5, 0.6) is 5.75 Å². The number of carbonyl (C=O) groups is 1. The molecular weight excluding hydrogens is 216 g/mol. The molecule has 1 heterocycles. The summed E-state index contributed by atoms with van der Waals surface area (Å²) in [6.45, 7) is 7.07. The lowest BCUT2D eigenvalue weighted by atomic mass is 10.1. The van der Waals surface area contributed by atoms with Crippen LogP contribution in [0, 0.1) is 13.8 Å². The van der Waals surface area contributed by atoms with E-state index < -0.39 is 0 Å². The van der Waals surface area contributed by atoms with Crippen LogP contribution in [0.1, 0.15) is 11.1 Å². The summed E-state index contributed by atoms with van der Waals surface area (Å²) in [7, 11) is 0. The lowest BCUT2D eigenvalue weighted by Crippen LogP contribution is -2.47. The fourth-order valence-corrected chi connectivity index (χ4v) is 1.92. The van der Waals surface area contributed by atoms with Gasteiger partial charge in [0.25, 0.3) is 0 Å². The lowest BCUT2D eigenvalue weighted by molar-refractivity contribution is 0.145. The van der Waals surface area contributed by atoms with Crippen LogP contribution in [0.4, 0.5) is 4.79 Å². The van der Waals surface area contributed by atoms with Gasteiger partial charge in [0.2, 0.25) is 0 Å². The van der Waals surface area contributed by atoms with Gasteiger partial charge in [0.05, 0.1) is 0 Å². The maximum absolute atomic E-state index is 11.9. The largest absolute Gasteiger partial charge is 0.415 e. The van der Waals surface area contributed by atoms with Crippen molar-refractivity contribution < 1.29 is 9.53 Å². The SMILES string of the molecule is Cc1ccc(OC(=O)N2CCNCC2)c(C)c1. The second kappa shape index (κ2) is 5.19. The van der Waals surface area contributed by atoms with Crippen LogP contribution >= 0.6 is 0 Å². The molecule has 1 fully saturated rings. The molecule has 2 rings (SSSR count). The average molecular weight is 234 g/mol. The molecule has 4 heteroatoms. The molecule has 1 aromatic rings. The highest BCUT2D eigenvalue weighted by Crippen LogP contribution is 2.19. The molecular formula is C13H18N2O2. The number of nitrogens with one attached hydrogen (secondary N) is 1. The van der Waals surface area contributed by atoms with Crippen LogP contribution in [-0.4, -0.2) is 37.2 Å². The smallest absolute Gasteiger partial charge is 0.410 e. The predicted octanol–water partition coefficient (Wildman–Crippen LogP) is 1.71. The molecule has 0 saturated carbocycles. The van der Waals surface area contributed by atoms with Gasteiger partial charge in [-0.05, 0) is 25.5 Å². The fourth-order valence-electron chi connectivity index (χ4n) is 1.92. The van der Waals surface area contributed by atoms with Crippen molar-refractivity contribution in [1.29, 1.82) is 0 Å². The van der Waals surface area contributed by atoms with E-state index >= 15 is 0 Å². The summed E-state index contributed by atoms with van der Waals surface area (Å²) in [6, 6.07) is 5.82. The van der Waals surface area contributed by atoms with Gasteiger partial charge >= 0.3 is 6.09 Å². The summed E-state index contributed by atoms with van der Waals surface area (Å²) in [4.78, 5) is 13.6. The highest BCUT2D eigenvalue weighted by Gasteiger charge is 2.18. The molecule has 1 aliphatic heterocycles. The van der Waals surface area contributed by atoms with E-state index in [1.54, 1.807) is 4.90 Å². The second-order valence-corrected chi connectivity index (χ2v) is 4.37. The monoisotopic (exact) mass is 234 g/mol. The first kappa shape index (κ1) is 11.9. The molecule has 0 aliphatic carbocycles. The first-order chi connectivity index (χ1) is 8.16. The standard InChI is InChI=1S/C13H18N2O2/c1-10-3-4-12(11(2)9-10)17-13(16)15-7-5-14-6-8-15/h3-4,9,14H,5-8H2,1-2H3. The number of aryl methyl sites for hydroxylation is 2. The molecule has 0 radical (unpaired) electrons. The normalized spacial score (nSPS) is 15.8. The number of piperazine rings is 1. The number of amides is 1. The van der Waals surface area contributed by atoms with E-state index in [1.165, 1.54) is 5.56 Å². The number of hydrogen-bond donors (Lipinski definition) is 1. The van der Waals surface area contributed by atoms with E-state index in [-0.39, 0.29) is 6.09 Å². The van der Waals surface area contributed by atoms with Gasteiger partial charge in [0.15, 0.2) is 0 Å². The van der Waals surface area contributed by atoms with Crippen molar-refractivity contribution in [2.75, 3.05) is 26.2 Å². The van der Waals surface area contributed by atoms with Gasteiger partial charge in [-0.25, -0.2) is 4.79 Å². The molecule has 17 heavy (non-hydrogen) atoms. The van der Waals surface area contributed by atoms with Crippen molar-refractivity contribution in [3.63, 3.8) is 0 Å². The molecule has 0 aromatic heterocycles. The van der Waals surface area contributed by atoms with E-state index in [0.29, 0.717) is 18.8 Å². The maximum Gasteiger partial charge on any atom is 0.415 e. The highest BCUT2D eigenvalue weighted by atomic mass is 16.6. The Morgan fingerprint density at radius 1 is 1.29 bits per heavy atom. The molecule has 1 saturated heterocycles. The molecule has 0 bridgehead atoms. The number of carbonyl (C=O) groups excluding carboxylic acids is 1. The van der Waals surface area contributed by atoms with Gasteiger partial charge in [-0.1, -0.05) is 17.7 Å². The average Bonchev–Trinajstić information content (AvgIpc) is 2.34. The Labute approximate surface area is 102 Å². The summed E-state index contributed by atoms with van der Waals surface area (Å²) in [5, 5.41) is 3.20. The maximum atomic E-state index is 11.9. The van der Waals surface area contributed by atoms with E-state index in [9.17, 15) is 4.79 Å². The van der Waals surface area contributed by atoms with Crippen molar-refractivity contribution in [3.8, 4) is 5.75 Å². The van der Waals surface area contributed by atoms with Crippen LogP contribution in [-0.2, 0) is 0 Å². The zero-order valence-corrected chi connectivity index (χ0v) is 10.3. The number of ether oxygens (including phenoxy) is 1. The van der Waals surface area contributed by atoms with Crippen LogP contribution in [0.25, 0.3) is 0 Å². The Morgan fingerprint density at radius 2 is 2.00 bits per heavy atom. The van der Waals surface area contributed by atoms with Crippen LogP contribution in [0.15, 0.2) is 18.2 Å². The van der Waals surface area contributed by atoms with Gasteiger partial charge in [0, 0.05) is 26.2 Å². The Bertz CT molecular complexity index is 412. The Balaban J connectivity index is 2.02. The first-order valence-electron chi connectivity index (χ1n) is 5.91. The number of nitrogens with zero attached hydrogens (tertiary/aromatic N) is 1. The first-order valence-corrected chi connectivity index (χ1v) is 5.91. The van der Waals surface area contributed by atoms with Gasteiger partial charge < -0.3 is 15.0 Å². The molecule has 1 aliphatic rings. The topological polar surface area (TPSA) is 41.6 Å². The number of rotatable bonds is 1. The summed E-state index contributed by atoms with van der Waals surface area (Å²) in [6.07, 6.45) is -0.251. The van der Waals surface area contributed by atoms with Crippen molar-refractivity contribution in [2.45, 2.75) is 13.8 Å². The Kier molecular flexibility index (Phi) is 3.64. The molecule has 1 amide bonds. The van der Waals surface area contributed by atoms with Crippen molar-refractivity contribution >= 4 is 6.09 Å². The molecule has 0 atom stereocenters. The molecule has 0 spiro atoms. The minimum Gasteiger partial charge on any atom is -0.410 e. The molecule has 1 aromatic carbocycles.